The fourth-order valence-corrected chi connectivity index (χ4v) is 4.02. The normalized spacial score (nSPS) is 31.6. The van der Waals surface area contributed by atoms with Crippen molar-refractivity contribution < 1.29 is 19.0 Å². The summed E-state index contributed by atoms with van der Waals surface area (Å²) in [7, 11) is 0. The van der Waals surface area contributed by atoms with E-state index >= 15 is 0 Å². The number of nitrogens with zero attached hydrogens (tertiary/aromatic N) is 1. The van der Waals surface area contributed by atoms with Crippen LogP contribution < -0.4 is 0 Å². The molecule has 2 saturated heterocycles. The molecule has 0 aromatic rings. The van der Waals surface area contributed by atoms with Crippen LogP contribution in [0.25, 0.3) is 0 Å². The van der Waals surface area contributed by atoms with Crippen molar-refractivity contribution in [1.82, 2.24) is 4.90 Å². The minimum Gasteiger partial charge on any atom is -0.368 e. The van der Waals surface area contributed by atoms with E-state index in [4.69, 9.17) is 14.2 Å². The van der Waals surface area contributed by atoms with Crippen LogP contribution in [0, 0.1) is 0 Å². The van der Waals surface area contributed by atoms with Crippen molar-refractivity contribution in [2.75, 3.05) is 19.8 Å². The van der Waals surface area contributed by atoms with Crippen LogP contribution in [-0.4, -0.2) is 55.1 Å². The van der Waals surface area contributed by atoms with Gasteiger partial charge in [0.1, 0.15) is 6.61 Å². The second-order valence-electron chi connectivity index (χ2n) is 6.83. The molecule has 0 aromatic heterocycles. The smallest absolute Gasteiger partial charge is 0.249 e. The van der Waals surface area contributed by atoms with Gasteiger partial charge in [-0.1, -0.05) is 19.3 Å². The standard InChI is InChI=1S/C17H29NO4/c1-13-6-5-9-15(17-20-10-11-21-17)18(13)16(19)12-22-14-7-3-2-4-8-14/h13-15,17H,2-12H2,1H3/t13-,15-/m1/s1. The Bertz CT molecular complexity index is 364. The quantitative estimate of drug-likeness (QED) is 0.800. The lowest BCUT2D eigenvalue weighted by Crippen LogP contribution is -2.55. The first-order chi connectivity index (χ1) is 10.8. The Morgan fingerprint density at radius 1 is 1.05 bits per heavy atom. The van der Waals surface area contributed by atoms with Crippen LogP contribution in [0.2, 0.25) is 0 Å². The second kappa shape index (κ2) is 7.75. The van der Waals surface area contributed by atoms with Crippen molar-refractivity contribution >= 4 is 5.91 Å². The monoisotopic (exact) mass is 311 g/mol. The molecular formula is C17H29NO4. The summed E-state index contributed by atoms with van der Waals surface area (Å²) >= 11 is 0. The summed E-state index contributed by atoms with van der Waals surface area (Å²) in [6.45, 7) is 3.60. The lowest BCUT2D eigenvalue weighted by Gasteiger charge is -2.42. The predicted octanol–water partition coefficient (Wildman–Crippen LogP) is 2.48. The lowest BCUT2D eigenvalue weighted by molar-refractivity contribution is -0.162. The molecule has 126 valence electrons. The zero-order valence-corrected chi connectivity index (χ0v) is 13.7. The highest BCUT2D eigenvalue weighted by Crippen LogP contribution is 2.29. The molecule has 0 N–H and O–H groups in total. The van der Waals surface area contributed by atoms with Crippen LogP contribution in [0.3, 0.4) is 0 Å². The molecule has 0 bridgehead atoms. The number of rotatable bonds is 4. The van der Waals surface area contributed by atoms with Gasteiger partial charge in [-0.25, -0.2) is 0 Å². The van der Waals surface area contributed by atoms with Crippen LogP contribution in [0.5, 0.6) is 0 Å². The van der Waals surface area contributed by atoms with Crippen molar-refractivity contribution in [3.8, 4) is 0 Å². The molecule has 3 rings (SSSR count). The molecule has 2 atom stereocenters. The molecule has 2 aliphatic heterocycles. The molecule has 1 amide bonds. The Hall–Kier alpha value is -0.650. The Kier molecular flexibility index (Phi) is 5.71. The van der Waals surface area contributed by atoms with Gasteiger partial charge < -0.3 is 19.1 Å². The highest BCUT2D eigenvalue weighted by Gasteiger charge is 2.39. The van der Waals surface area contributed by atoms with Crippen molar-refractivity contribution in [3.05, 3.63) is 0 Å². The molecule has 22 heavy (non-hydrogen) atoms. The molecular weight excluding hydrogens is 282 g/mol. The van der Waals surface area contributed by atoms with Crippen LogP contribution >= 0.6 is 0 Å². The zero-order chi connectivity index (χ0) is 15.4. The average molecular weight is 311 g/mol. The summed E-state index contributed by atoms with van der Waals surface area (Å²) in [5.41, 5.74) is 0. The van der Waals surface area contributed by atoms with E-state index in [-0.39, 0.29) is 37.0 Å². The Balaban J connectivity index is 1.56. The summed E-state index contributed by atoms with van der Waals surface area (Å²) in [5, 5.41) is 0. The SMILES string of the molecule is C[C@@H]1CCC[C@H](C2OCCO2)N1C(=O)COC1CCCCC1. The van der Waals surface area contributed by atoms with Gasteiger partial charge in [0.15, 0.2) is 6.29 Å². The molecule has 0 unspecified atom stereocenters. The maximum atomic E-state index is 12.7. The van der Waals surface area contributed by atoms with Crippen LogP contribution in [-0.2, 0) is 19.0 Å². The average Bonchev–Trinajstić information content (AvgIpc) is 3.07. The minimum atomic E-state index is -0.249. The lowest BCUT2D eigenvalue weighted by atomic mass is 9.95. The van der Waals surface area contributed by atoms with E-state index in [1.807, 2.05) is 4.90 Å². The number of carbonyl (C=O) groups excluding carboxylic acids is 1. The molecule has 0 aromatic carbocycles. The molecule has 3 fully saturated rings. The molecule has 0 radical (unpaired) electrons. The van der Waals surface area contributed by atoms with E-state index in [1.165, 1.54) is 19.3 Å². The van der Waals surface area contributed by atoms with Gasteiger partial charge in [0.2, 0.25) is 5.91 Å². The topological polar surface area (TPSA) is 48.0 Å². The third kappa shape index (κ3) is 3.81. The van der Waals surface area contributed by atoms with E-state index in [0.717, 1.165) is 32.1 Å². The fourth-order valence-electron chi connectivity index (χ4n) is 4.02. The van der Waals surface area contributed by atoms with Crippen LogP contribution in [0.15, 0.2) is 0 Å². The van der Waals surface area contributed by atoms with Gasteiger partial charge in [-0.15, -0.1) is 0 Å². The summed E-state index contributed by atoms with van der Waals surface area (Å²) in [6, 6.07) is 0.294. The first-order valence-electron chi connectivity index (χ1n) is 8.91. The van der Waals surface area contributed by atoms with Gasteiger partial charge in [0.25, 0.3) is 0 Å². The molecule has 0 spiro atoms. The molecule has 3 aliphatic rings. The Morgan fingerprint density at radius 3 is 2.50 bits per heavy atom. The summed E-state index contributed by atoms with van der Waals surface area (Å²) in [4.78, 5) is 14.7. The van der Waals surface area contributed by atoms with E-state index in [0.29, 0.717) is 13.2 Å². The van der Waals surface area contributed by atoms with E-state index in [1.54, 1.807) is 0 Å². The maximum absolute atomic E-state index is 12.7. The molecule has 1 saturated carbocycles. The van der Waals surface area contributed by atoms with Crippen molar-refractivity contribution in [3.63, 3.8) is 0 Å². The highest BCUT2D eigenvalue weighted by molar-refractivity contribution is 5.78. The molecule has 2 heterocycles. The van der Waals surface area contributed by atoms with Crippen molar-refractivity contribution in [2.45, 2.75) is 82.8 Å². The summed E-state index contributed by atoms with van der Waals surface area (Å²) in [6.07, 6.45) is 9.12. The summed E-state index contributed by atoms with van der Waals surface area (Å²) < 4.78 is 17.2. The van der Waals surface area contributed by atoms with Gasteiger partial charge in [-0.05, 0) is 39.0 Å². The van der Waals surface area contributed by atoms with Crippen LogP contribution in [0.4, 0.5) is 0 Å². The largest absolute Gasteiger partial charge is 0.368 e. The van der Waals surface area contributed by atoms with E-state index < -0.39 is 0 Å². The first-order valence-corrected chi connectivity index (χ1v) is 8.91. The van der Waals surface area contributed by atoms with E-state index in [9.17, 15) is 4.79 Å². The van der Waals surface area contributed by atoms with E-state index in [2.05, 4.69) is 6.92 Å². The number of amides is 1. The predicted molar refractivity (Wildman–Crippen MR) is 82.5 cm³/mol. The van der Waals surface area contributed by atoms with Gasteiger partial charge in [-0.2, -0.15) is 0 Å². The number of piperidine rings is 1. The Morgan fingerprint density at radius 2 is 1.77 bits per heavy atom. The summed E-state index contributed by atoms with van der Waals surface area (Å²) in [5.74, 6) is 0.0990. The highest BCUT2D eigenvalue weighted by atomic mass is 16.7. The molecule has 1 aliphatic carbocycles. The number of ether oxygens (including phenoxy) is 3. The van der Waals surface area contributed by atoms with Crippen molar-refractivity contribution in [1.29, 1.82) is 0 Å². The minimum absolute atomic E-state index is 0.0497. The fraction of sp³-hybridized carbons (Fsp3) is 0.941. The maximum Gasteiger partial charge on any atom is 0.249 e. The van der Waals surface area contributed by atoms with Gasteiger partial charge in [0, 0.05) is 6.04 Å². The van der Waals surface area contributed by atoms with Crippen molar-refractivity contribution in [2.24, 2.45) is 0 Å². The third-order valence-corrected chi connectivity index (χ3v) is 5.20. The van der Waals surface area contributed by atoms with Gasteiger partial charge >= 0.3 is 0 Å². The number of likely N-dealkylation sites (tertiary alicyclic amines) is 1. The molecule has 5 heteroatoms. The van der Waals surface area contributed by atoms with Gasteiger partial charge in [-0.3, -0.25) is 4.79 Å². The Labute approximate surface area is 133 Å². The third-order valence-electron chi connectivity index (χ3n) is 5.20. The van der Waals surface area contributed by atoms with Crippen LogP contribution in [0.1, 0.15) is 58.3 Å². The zero-order valence-electron chi connectivity index (χ0n) is 13.7. The number of hydrogen-bond donors (Lipinski definition) is 0. The number of hydrogen-bond acceptors (Lipinski definition) is 4. The first kappa shape index (κ1) is 16.2. The van der Waals surface area contributed by atoms with Gasteiger partial charge in [0.05, 0.1) is 25.4 Å². The second-order valence-corrected chi connectivity index (χ2v) is 6.83. The molecule has 5 nitrogen and oxygen atoms in total. The number of carbonyl (C=O) groups is 1.